The van der Waals surface area contributed by atoms with E-state index in [2.05, 4.69) is 17.1 Å². The number of nitrogens with two attached hydrogens (primary N) is 1. The standard InChI is InChI=1S/C12H19N5/c1-4-5-17-8-10(6-15-17)12(13)11-7-14-16(3)9(11)2/h6-8,12H,4-5,13H2,1-3H3. The van der Waals surface area contributed by atoms with Crippen molar-refractivity contribution >= 4 is 0 Å². The van der Waals surface area contributed by atoms with E-state index in [9.17, 15) is 0 Å². The predicted octanol–water partition coefficient (Wildman–Crippen LogP) is 1.38. The van der Waals surface area contributed by atoms with E-state index in [1.165, 1.54) is 0 Å². The van der Waals surface area contributed by atoms with Crippen molar-refractivity contribution in [3.8, 4) is 0 Å². The lowest BCUT2D eigenvalue weighted by atomic mass is 10.0. The SMILES string of the molecule is CCCn1cc(C(N)c2cnn(C)c2C)cn1. The summed E-state index contributed by atoms with van der Waals surface area (Å²) in [4.78, 5) is 0. The molecule has 5 heteroatoms. The molecule has 1 atom stereocenters. The van der Waals surface area contributed by atoms with Gasteiger partial charge in [-0.2, -0.15) is 10.2 Å². The second-order valence-electron chi connectivity index (χ2n) is 4.32. The molecular formula is C12H19N5. The summed E-state index contributed by atoms with van der Waals surface area (Å²) in [5.41, 5.74) is 9.43. The third-order valence-electron chi connectivity index (χ3n) is 3.07. The minimum atomic E-state index is -0.144. The highest BCUT2D eigenvalue weighted by Crippen LogP contribution is 2.21. The highest BCUT2D eigenvalue weighted by Gasteiger charge is 2.15. The maximum atomic E-state index is 6.23. The molecular weight excluding hydrogens is 214 g/mol. The molecule has 2 rings (SSSR count). The molecule has 0 aliphatic rings. The highest BCUT2D eigenvalue weighted by atomic mass is 15.3. The van der Waals surface area contributed by atoms with Gasteiger partial charge in [0.25, 0.3) is 0 Å². The summed E-state index contributed by atoms with van der Waals surface area (Å²) >= 11 is 0. The van der Waals surface area contributed by atoms with Crippen LogP contribution in [0, 0.1) is 6.92 Å². The van der Waals surface area contributed by atoms with Crippen molar-refractivity contribution in [3.05, 3.63) is 35.4 Å². The van der Waals surface area contributed by atoms with Gasteiger partial charge >= 0.3 is 0 Å². The van der Waals surface area contributed by atoms with Gasteiger partial charge in [0.15, 0.2) is 0 Å². The molecule has 0 aliphatic heterocycles. The summed E-state index contributed by atoms with van der Waals surface area (Å²) in [6.45, 7) is 5.09. The van der Waals surface area contributed by atoms with Crippen molar-refractivity contribution in [2.45, 2.75) is 32.9 Å². The van der Waals surface area contributed by atoms with Gasteiger partial charge in [0, 0.05) is 36.6 Å². The first-order chi connectivity index (χ1) is 8.13. The number of rotatable bonds is 4. The Kier molecular flexibility index (Phi) is 3.28. The zero-order valence-electron chi connectivity index (χ0n) is 10.6. The van der Waals surface area contributed by atoms with Crippen molar-refractivity contribution < 1.29 is 0 Å². The molecule has 0 fully saturated rings. The first-order valence-corrected chi connectivity index (χ1v) is 5.90. The van der Waals surface area contributed by atoms with Gasteiger partial charge in [-0.1, -0.05) is 6.92 Å². The van der Waals surface area contributed by atoms with Crippen LogP contribution in [0.3, 0.4) is 0 Å². The second-order valence-corrected chi connectivity index (χ2v) is 4.32. The molecule has 2 aromatic rings. The lowest BCUT2D eigenvalue weighted by Crippen LogP contribution is -2.12. The van der Waals surface area contributed by atoms with Crippen LogP contribution in [-0.2, 0) is 13.6 Å². The Balaban J connectivity index is 2.24. The topological polar surface area (TPSA) is 61.7 Å². The molecule has 92 valence electrons. The number of aromatic nitrogens is 4. The minimum absolute atomic E-state index is 0.144. The lowest BCUT2D eigenvalue weighted by molar-refractivity contribution is 0.602. The molecule has 0 aromatic carbocycles. The van der Waals surface area contributed by atoms with Gasteiger partial charge in [-0.15, -0.1) is 0 Å². The summed E-state index contributed by atoms with van der Waals surface area (Å²) in [5.74, 6) is 0. The number of aryl methyl sites for hydroxylation is 2. The van der Waals surface area contributed by atoms with E-state index in [0.717, 1.165) is 29.8 Å². The van der Waals surface area contributed by atoms with E-state index in [1.807, 2.05) is 41.9 Å². The van der Waals surface area contributed by atoms with Gasteiger partial charge in [-0.05, 0) is 13.3 Å². The van der Waals surface area contributed by atoms with Crippen LogP contribution in [0.25, 0.3) is 0 Å². The van der Waals surface area contributed by atoms with Crippen LogP contribution in [-0.4, -0.2) is 19.6 Å². The maximum absolute atomic E-state index is 6.23. The van der Waals surface area contributed by atoms with Crippen LogP contribution in [0.1, 0.15) is 36.2 Å². The van der Waals surface area contributed by atoms with Gasteiger partial charge in [-0.3, -0.25) is 9.36 Å². The molecule has 0 amide bonds. The molecule has 2 aromatic heterocycles. The van der Waals surface area contributed by atoms with Gasteiger partial charge in [0.2, 0.25) is 0 Å². The smallest absolute Gasteiger partial charge is 0.0616 e. The van der Waals surface area contributed by atoms with Crippen LogP contribution >= 0.6 is 0 Å². The fourth-order valence-corrected chi connectivity index (χ4v) is 1.89. The molecule has 0 spiro atoms. The predicted molar refractivity (Wildman–Crippen MR) is 66.5 cm³/mol. The summed E-state index contributed by atoms with van der Waals surface area (Å²) in [5, 5.41) is 8.51. The van der Waals surface area contributed by atoms with Crippen molar-refractivity contribution in [3.63, 3.8) is 0 Å². The molecule has 1 unspecified atom stereocenters. The molecule has 2 heterocycles. The van der Waals surface area contributed by atoms with E-state index in [1.54, 1.807) is 0 Å². The fraction of sp³-hybridized carbons (Fsp3) is 0.500. The van der Waals surface area contributed by atoms with Crippen LogP contribution in [0.5, 0.6) is 0 Å². The monoisotopic (exact) mass is 233 g/mol. The Labute approximate surface area is 101 Å². The molecule has 0 bridgehead atoms. The first kappa shape index (κ1) is 11.9. The highest BCUT2D eigenvalue weighted by molar-refractivity contribution is 5.29. The molecule has 0 radical (unpaired) electrons. The average molecular weight is 233 g/mol. The molecule has 0 aliphatic carbocycles. The van der Waals surface area contributed by atoms with Gasteiger partial charge in [0.1, 0.15) is 0 Å². The summed E-state index contributed by atoms with van der Waals surface area (Å²) in [6.07, 6.45) is 6.76. The van der Waals surface area contributed by atoms with E-state index in [4.69, 9.17) is 5.73 Å². The minimum Gasteiger partial charge on any atom is -0.320 e. The van der Waals surface area contributed by atoms with Crippen LogP contribution in [0.15, 0.2) is 18.6 Å². The first-order valence-electron chi connectivity index (χ1n) is 5.90. The quantitative estimate of drug-likeness (QED) is 0.868. The summed E-state index contributed by atoms with van der Waals surface area (Å²) in [7, 11) is 1.92. The van der Waals surface area contributed by atoms with Crippen molar-refractivity contribution in [2.24, 2.45) is 12.8 Å². The van der Waals surface area contributed by atoms with Crippen LogP contribution in [0.4, 0.5) is 0 Å². The Morgan fingerprint density at radius 2 is 2.12 bits per heavy atom. The third kappa shape index (κ3) is 2.24. The summed E-state index contributed by atoms with van der Waals surface area (Å²) in [6, 6.07) is -0.144. The zero-order chi connectivity index (χ0) is 12.4. The van der Waals surface area contributed by atoms with E-state index < -0.39 is 0 Å². The summed E-state index contributed by atoms with van der Waals surface area (Å²) < 4.78 is 3.77. The Bertz CT molecular complexity index is 497. The number of nitrogens with zero attached hydrogens (tertiary/aromatic N) is 4. The number of hydrogen-bond acceptors (Lipinski definition) is 3. The molecule has 0 saturated heterocycles. The molecule has 5 nitrogen and oxygen atoms in total. The second kappa shape index (κ2) is 4.71. The normalized spacial score (nSPS) is 12.9. The van der Waals surface area contributed by atoms with Crippen molar-refractivity contribution in [1.29, 1.82) is 0 Å². The molecule has 2 N–H and O–H groups in total. The fourth-order valence-electron chi connectivity index (χ4n) is 1.89. The Hall–Kier alpha value is -1.62. The molecule has 0 saturated carbocycles. The van der Waals surface area contributed by atoms with E-state index in [0.29, 0.717) is 0 Å². The maximum Gasteiger partial charge on any atom is 0.0616 e. The largest absolute Gasteiger partial charge is 0.320 e. The van der Waals surface area contributed by atoms with Gasteiger partial charge in [-0.25, -0.2) is 0 Å². The Morgan fingerprint density at radius 1 is 1.35 bits per heavy atom. The lowest BCUT2D eigenvalue weighted by Gasteiger charge is -2.08. The third-order valence-corrected chi connectivity index (χ3v) is 3.07. The van der Waals surface area contributed by atoms with Gasteiger partial charge < -0.3 is 5.73 Å². The average Bonchev–Trinajstić information content (AvgIpc) is 2.88. The van der Waals surface area contributed by atoms with Crippen molar-refractivity contribution in [2.75, 3.05) is 0 Å². The van der Waals surface area contributed by atoms with Crippen LogP contribution in [0.2, 0.25) is 0 Å². The van der Waals surface area contributed by atoms with E-state index in [-0.39, 0.29) is 6.04 Å². The van der Waals surface area contributed by atoms with E-state index >= 15 is 0 Å². The Morgan fingerprint density at radius 3 is 2.71 bits per heavy atom. The van der Waals surface area contributed by atoms with Gasteiger partial charge in [0.05, 0.1) is 18.4 Å². The zero-order valence-corrected chi connectivity index (χ0v) is 10.6. The van der Waals surface area contributed by atoms with Crippen molar-refractivity contribution in [1.82, 2.24) is 19.6 Å². The van der Waals surface area contributed by atoms with Crippen LogP contribution < -0.4 is 5.73 Å². The number of hydrogen-bond donors (Lipinski definition) is 1. The molecule has 17 heavy (non-hydrogen) atoms.